The molecule has 0 radical (unpaired) electrons. The molecular formula is C16H22ClN3O2Si. The first-order valence-corrected chi connectivity index (χ1v) is 11.3. The molecule has 2 rings (SSSR count). The van der Waals surface area contributed by atoms with E-state index in [1.807, 2.05) is 26.0 Å². The minimum Gasteiger partial charge on any atom is -0.400 e. The summed E-state index contributed by atoms with van der Waals surface area (Å²) in [4.78, 5) is 17.1. The van der Waals surface area contributed by atoms with Gasteiger partial charge in [0.05, 0.1) is 0 Å². The monoisotopic (exact) mass is 351 g/mol. The Balaban J connectivity index is 2.64. The fourth-order valence-electron chi connectivity index (χ4n) is 2.59. The van der Waals surface area contributed by atoms with Gasteiger partial charge in [-0.3, -0.25) is 4.79 Å². The number of carbonyl (C=O) groups is 1. The van der Waals surface area contributed by atoms with Crippen molar-refractivity contribution < 1.29 is 9.22 Å². The maximum atomic E-state index is 13.3. The molecule has 124 valence electrons. The first kappa shape index (κ1) is 17.8. The SMILES string of the molecule is CC(C)[C@](O[Si](C)(C)C)(C(=O)n1cncn1)c1ccc(Cl)cc1. The van der Waals surface area contributed by atoms with Crippen molar-refractivity contribution in [2.45, 2.75) is 39.1 Å². The molecule has 1 aromatic carbocycles. The minimum absolute atomic E-state index is 0.0906. The molecule has 23 heavy (non-hydrogen) atoms. The van der Waals surface area contributed by atoms with E-state index in [1.165, 1.54) is 17.3 Å². The zero-order chi connectivity index (χ0) is 17.3. The molecule has 2 aromatic rings. The van der Waals surface area contributed by atoms with Crippen molar-refractivity contribution in [3.05, 3.63) is 47.5 Å². The third-order valence-electron chi connectivity index (χ3n) is 3.50. The Labute approximate surface area is 142 Å². The van der Waals surface area contributed by atoms with Crippen LogP contribution in [0.25, 0.3) is 0 Å². The largest absolute Gasteiger partial charge is 0.400 e. The lowest BCUT2D eigenvalue weighted by atomic mass is 9.82. The zero-order valence-corrected chi connectivity index (χ0v) is 15.8. The molecule has 0 saturated heterocycles. The molecule has 5 nitrogen and oxygen atoms in total. The van der Waals surface area contributed by atoms with Crippen LogP contribution in [0.3, 0.4) is 0 Å². The van der Waals surface area contributed by atoms with Crippen LogP contribution in [0.15, 0.2) is 36.9 Å². The van der Waals surface area contributed by atoms with Crippen molar-refractivity contribution in [1.82, 2.24) is 14.8 Å². The molecule has 1 aromatic heterocycles. The van der Waals surface area contributed by atoms with Crippen LogP contribution < -0.4 is 0 Å². The van der Waals surface area contributed by atoms with Crippen molar-refractivity contribution in [2.24, 2.45) is 5.92 Å². The van der Waals surface area contributed by atoms with Crippen LogP contribution in [0.5, 0.6) is 0 Å². The molecule has 0 spiro atoms. The van der Waals surface area contributed by atoms with Crippen molar-refractivity contribution in [2.75, 3.05) is 0 Å². The van der Waals surface area contributed by atoms with E-state index < -0.39 is 13.9 Å². The van der Waals surface area contributed by atoms with E-state index in [-0.39, 0.29) is 11.8 Å². The van der Waals surface area contributed by atoms with Gasteiger partial charge in [0.25, 0.3) is 5.91 Å². The number of rotatable bonds is 5. The van der Waals surface area contributed by atoms with Gasteiger partial charge in [-0.15, -0.1) is 0 Å². The molecule has 0 aliphatic carbocycles. The van der Waals surface area contributed by atoms with Gasteiger partial charge in [-0.25, -0.2) is 4.98 Å². The topological polar surface area (TPSA) is 57.0 Å². The number of aromatic nitrogens is 3. The average Bonchev–Trinajstić information content (AvgIpc) is 2.97. The Morgan fingerprint density at radius 3 is 2.30 bits per heavy atom. The fourth-order valence-corrected chi connectivity index (χ4v) is 4.12. The van der Waals surface area contributed by atoms with E-state index >= 15 is 0 Å². The van der Waals surface area contributed by atoms with Crippen LogP contribution in [0, 0.1) is 5.92 Å². The molecule has 0 N–H and O–H groups in total. The summed E-state index contributed by atoms with van der Waals surface area (Å²) >= 11 is 6.01. The van der Waals surface area contributed by atoms with Gasteiger partial charge in [0.15, 0.2) is 13.9 Å². The predicted octanol–water partition coefficient (Wildman–Crippen LogP) is 3.97. The Kier molecular flexibility index (Phi) is 5.08. The van der Waals surface area contributed by atoms with E-state index in [9.17, 15) is 4.79 Å². The van der Waals surface area contributed by atoms with Gasteiger partial charge >= 0.3 is 0 Å². The average molecular weight is 352 g/mol. The number of hydrogen-bond donors (Lipinski definition) is 0. The molecule has 0 unspecified atom stereocenters. The van der Waals surface area contributed by atoms with Crippen LogP contribution in [-0.2, 0) is 10.0 Å². The van der Waals surface area contributed by atoms with Crippen LogP contribution in [0.1, 0.15) is 24.2 Å². The summed E-state index contributed by atoms with van der Waals surface area (Å²) < 4.78 is 7.70. The molecule has 0 amide bonds. The first-order chi connectivity index (χ1) is 10.7. The molecule has 1 heterocycles. The van der Waals surface area contributed by atoms with Gasteiger partial charge in [-0.1, -0.05) is 37.6 Å². The van der Waals surface area contributed by atoms with Crippen LogP contribution >= 0.6 is 11.6 Å². The molecule has 1 atom stereocenters. The summed E-state index contributed by atoms with van der Waals surface area (Å²) in [7, 11) is -2.04. The van der Waals surface area contributed by atoms with E-state index in [1.54, 1.807) is 12.1 Å². The van der Waals surface area contributed by atoms with Crippen molar-refractivity contribution in [3.8, 4) is 0 Å². The highest BCUT2D eigenvalue weighted by Gasteiger charge is 2.48. The maximum Gasteiger partial charge on any atom is 0.284 e. The van der Waals surface area contributed by atoms with Crippen LogP contribution in [0.4, 0.5) is 0 Å². The van der Waals surface area contributed by atoms with E-state index in [0.717, 1.165) is 5.56 Å². The molecule has 7 heteroatoms. The summed E-state index contributed by atoms with van der Waals surface area (Å²) in [6.45, 7) is 10.1. The second kappa shape index (κ2) is 6.55. The fraction of sp³-hybridized carbons (Fsp3) is 0.438. The predicted molar refractivity (Wildman–Crippen MR) is 93.0 cm³/mol. The Bertz CT molecular complexity index is 666. The van der Waals surface area contributed by atoms with E-state index in [2.05, 4.69) is 29.7 Å². The van der Waals surface area contributed by atoms with Gasteiger partial charge < -0.3 is 4.43 Å². The third-order valence-corrected chi connectivity index (χ3v) is 4.68. The van der Waals surface area contributed by atoms with Gasteiger partial charge in [-0.05, 0) is 43.3 Å². The molecule has 0 aliphatic rings. The first-order valence-electron chi connectivity index (χ1n) is 7.52. The number of hydrogen-bond acceptors (Lipinski definition) is 4. The van der Waals surface area contributed by atoms with Gasteiger partial charge in [-0.2, -0.15) is 9.78 Å². The number of nitrogens with zero attached hydrogens (tertiary/aromatic N) is 3. The standard InChI is InChI=1S/C16H22ClN3O2Si/c1-12(2)16(22-23(3,4)5,13-6-8-14(17)9-7-13)15(21)20-11-18-10-19-20/h6-12H,1-5H3/t16-/m1/s1. The van der Waals surface area contributed by atoms with Gasteiger partial charge in [0, 0.05) is 5.02 Å². The summed E-state index contributed by atoms with van der Waals surface area (Å²) in [6, 6.07) is 7.24. The lowest BCUT2D eigenvalue weighted by Gasteiger charge is -2.41. The van der Waals surface area contributed by atoms with Gasteiger partial charge in [0.1, 0.15) is 12.7 Å². The van der Waals surface area contributed by atoms with Crippen LogP contribution in [-0.4, -0.2) is 29.0 Å². The molecule has 0 bridgehead atoms. The zero-order valence-electron chi connectivity index (χ0n) is 14.1. The molecule has 0 aliphatic heterocycles. The summed E-state index contributed by atoms with van der Waals surface area (Å²) in [6.07, 6.45) is 2.75. The summed E-state index contributed by atoms with van der Waals surface area (Å²) in [5.41, 5.74) is -0.345. The minimum atomic E-state index is -2.04. The lowest BCUT2D eigenvalue weighted by Crippen LogP contribution is -2.52. The molecule has 0 saturated carbocycles. The normalized spacial score (nSPS) is 14.7. The summed E-state index contributed by atoms with van der Waals surface area (Å²) in [5, 5.41) is 4.62. The van der Waals surface area contributed by atoms with Crippen molar-refractivity contribution in [3.63, 3.8) is 0 Å². The van der Waals surface area contributed by atoms with Crippen molar-refractivity contribution in [1.29, 1.82) is 0 Å². The molecular weight excluding hydrogens is 330 g/mol. The third kappa shape index (κ3) is 3.71. The Morgan fingerprint density at radius 2 is 1.87 bits per heavy atom. The van der Waals surface area contributed by atoms with E-state index in [4.69, 9.17) is 16.0 Å². The summed E-state index contributed by atoms with van der Waals surface area (Å²) in [5.74, 6) is -0.332. The lowest BCUT2D eigenvalue weighted by molar-refractivity contribution is 0.00477. The maximum absolute atomic E-state index is 13.3. The smallest absolute Gasteiger partial charge is 0.284 e. The Morgan fingerprint density at radius 1 is 1.26 bits per heavy atom. The highest BCUT2D eigenvalue weighted by atomic mass is 35.5. The van der Waals surface area contributed by atoms with Crippen LogP contribution in [0.2, 0.25) is 24.7 Å². The quantitative estimate of drug-likeness (QED) is 0.764. The second-order valence-electron chi connectivity index (χ2n) is 6.76. The number of benzene rings is 1. The number of carbonyl (C=O) groups excluding carboxylic acids is 1. The highest BCUT2D eigenvalue weighted by molar-refractivity contribution is 6.70. The Hall–Kier alpha value is -1.50. The van der Waals surface area contributed by atoms with E-state index in [0.29, 0.717) is 5.02 Å². The second-order valence-corrected chi connectivity index (χ2v) is 11.6. The molecule has 0 fully saturated rings. The highest BCUT2D eigenvalue weighted by Crippen LogP contribution is 2.38. The number of halogens is 1. The van der Waals surface area contributed by atoms with Gasteiger partial charge in [0.2, 0.25) is 0 Å². The van der Waals surface area contributed by atoms with Crippen molar-refractivity contribution >= 4 is 25.8 Å².